The number of aryl methyl sites for hydroxylation is 1. The van der Waals surface area contributed by atoms with E-state index < -0.39 is 0 Å². The van der Waals surface area contributed by atoms with Crippen LogP contribution in [0.4, 0.5) is 5.82 Å². The summed E-state index contributed by atoms with van der Waals surface area (Å²) in [5.41, 5.74) is 4.49. The molecule has 90 valence electrons. The standard InChI is InChI=1S/C11H13BrN4O/c1-3-8-6(2)10(16-13)15-11(14-8)9-7(12)4-5-17-9/h4-5H,3,13H2,1-2H3,(H,14,15,16). The van der Waals surface area contributed by atoms with Gasteiger partial charge in [0.25, 0.3) is 0 Å². The largest absolute Gasteiger partial charge is 0.460 e. The maximum absolute atomic E-state index is 5.45. The first kappa shape index (κ1) is 12.1. The number of nitrogens with one attached hydrogen (secondary N) is 1. The molecule has 0 spiro atoms. The molecular weight excluding hydrogens is 284 g/mol. The van der Waals surface area contributed by atoms with Crippen LogP contribution in [0, 0.1) is 6.92 Å². The van der Waals surface area contributed by atoms with Crippen LogP contribution in [-0.2, 0) is 6.42 Å². The lowest BCUT2D eigenvalue weighted by molar-refractivity contribution is 0.575. The summed E-state index contributed by atoms with van der Waals surface area (Å²) in [6.07, 6.45) is 2.40. The van der Waals surface area contributed by atoms with Crippen molar-refractivity contribution in [2.75, 3.05) is 5.43 Å². The summed E-state index contributed by atoms with van der Waals surface area (Å²) in [4.78, 5) is 8.80. The molecule has 3 N–H and O–H groups in total. The van der Waals surface area contributed by atoms with Crippen molar-refractivity contribution in [2.45, 2.75) is 20.3 Å². The molecule has 0 aliphatic heterocycles. The van der Waals surface area contributed by atoms with Crippen LogP contribution >= 0.6 is 15.9 Å². The Hall–Kier alpha value is -1.40. The predicted octanol–water partition coefficient (Wildman–Crippen LogP) is 2.66. The molecule has 0 unspecified atom stereocenters. The SMILES string of the molecule is CCc1nc(-c2occc2Br)nc(NN)c1C. The van der Waals surface area contributed by atoms with Gasteiger partial charge in [0.2, 0.25) is 0 Å². The van der Waals surface area contributed by atoms with Gasteiger partial charge in [0.05, 0.1) is 10.7 Å². The topological polar surface area (TPSA) is 77.0 Å². The van der Waals surface area contributed by atoms with Gasteiger partial charge in [-0.05, 0) is 35.3 Å². The van der Waals surface area contributed by atoms with Crippen molar-refractivity contribution in [1.82, 2.24) is 9.97 Å². The van der Waals surface area contributed by atoms with Crippen LogP contribution in [0.25, 0.3) is 11.6 Å². The third kappa shape index (κ3) is 2.18. The maximum atomic E-state index is 5.45. The first-order chi connectivity index (χ1) is 8.17. The molecule has 0 bridgehead atoms. The molecule has 0 radical (unpaired) electrons. The maximum Gasteiger partial charge on any atom is 0.199 e. The summed E-state index contributed by atoms with van der Waals surface area (Å²) >= 11 is 3.39. The Balaban J connectivity index is 2.60. The van der Waals surface area contributed by atoms with Crippen LogP contribution in [-0.4, -0.2) is 9.97 Å². The molecule has 2 aromatic heterocycles. The van der Waals surface area contributed by atoms with E-state index in [0.29, 0.717) is 17.4 Å². The smallest absolute Gasteiger partial charge is 0.199 e. The van der Waals surface area contributed by atoms with Gasteiger partial charge in [-0.1, -0.05) is 6.92 Å². The lowest BCUT2D eigenvalue weighted by atomic mass is 10.2. The van der Waals surface area contributed by atoms with Crippen molar-refractivity contribution in [3.05, 3.63) is 28.1 Å². The van der Waals surface area contributed by atoms with E-state index in [2.05, 4.69) is 31.3 Å². The fourth-order valence-electron chi connectivity index (χ4n) is 1.60. The van der Waals surface area contributed by atoms with E-state index >= 15 is 0 Å². The minimum Gasteiger partial charge on any atom is -0.460 e. The molecule has 2 heterocycles. The van der Waals surface area contributed by atoms with Crippen molar-refractivity contribution in [3.63, 3.8) is 0 Å². The van der Waals surface area contributed by atoms with E-state index in [0.717, 1.165) is 22.2 Å². The number of furan rings is 1. The Morgan fingerprint density at radius 1 is 1.47 bits per heavy atom. The monoisotopic (exact) mass is 296 g/mol. The van der Waals surface area contributed by atoms with Gasteiger partial charge in [-0.15, -0.1) is 0 Å². The van der Waals surface area contributed by atoms with Gasteiger partial charge in [0, 0.05) is 11.3 Å². The molecule has 0 saturated carbocycles. The van der Waals surface area contributed by atoms with E-state index in [4.69, 9.17) is 10.3 Å². The van der Waals surface area contributed by atoms with E-state index in [1.807, 2.05) is 13.8 Å². The number of hydrazine groups is 1. The van der Waals surface area contributed by atoms with Crippen LogP contribution in [0.15, 0.2) is 21.2 Å². The van der Waals surface area contributed by atoms with Gasteiger partial charge in [0.1, 0.15) is 5.82 Å². The van der Waals surface area contributed by atoms with E-state index in [-0.39, 0.29) is 0 Å². The minimum atomic E-state index is 0.525. The highest BCUT2D eigenvalue weighted by Crippen LogP contribution is 2.28. The zero-order valence-electron chi connectivity index (χ0n) is 9.62. The molecule has 0 atom stereocenters. The Morgan fingerprint density at radius 2 is 2.24 bits per heavy atom. The molecule has 5 nitrogen and oxygen atoms in total. The van der Waals surface area contributed by atoms with Crippen molar-refractivity contribution in [2.24, 2.45) is 5.84 Å². The quantitative estimate of drug-likeness (QED) is 0.672. The highest BCUT2D eigenvalue weighted by molar-refractivity contribution is 9.10. The van der Waals surface area contributed by atoms with Gasteiger partial charge in [-0.3, -0.25) is 0 Å². The van der Waals surface area contributed by atoms with Crippen LogP contribution in [0.2, 0.25) is 0 Å². The highest BCUT2D eigenvalue weighted by Gasteiger charge is 2.14. The molecule has 0 fully saturated rings. The summed E-state index contributed by atoms with van der Waals surface area (Å²) in [5, 5.41) is 0. The van der Waals surface area contributed by atoms with E-state index in [1.54, 1.807) is 12.3 Å². The van der Waals surface area contributed by atoms with E-state index in [1.165, 1.54) is 0 Å². The van der Waals surface area contributed by atoms with Crippen molar-refractivity contribution in [3.8, 4) is 11.6 Å². The molecule has 0 aromatic carbocycles. The fraction of sp³-hybridized carbons (Fsp3) is 0.273. The number of nitrogens with two attached hydrogens (primary N) is 1. The second-order valence-corrected chi connectivity index (χ2v) is 4.42. The summed E-state index contributed by atoms with van der Waals surface area (Å²) in [7, 11) is 0. The summed E-state index contributed by atoms with van der Waals surface area (Å²) < 4.78 is 6.17. The lowest BCUT2D eigenvalue weighted by Crippen LogP contribution is -2.13. The molecule has 0 aliphatic carbocycles. The van der Waals surface area contributed by atoms with Crippen molar-refractivity contribution in [1.29, 1.82) is 0 Å². The molecule has 6 heteroatoms. The number of rotatable bonds is 3. The second kappa shape index (κ2) is 4.85. The third-order valence-electron chi connectivity index (χ3n) is 2.54. The summed E-state index contributed by atoms with van der Waals surface area (Å²) in [6.45, 7) is 3.98. The average Bonchev–Trinajstić information content (AvgIpc) is 2.76. The molecule has 2 aromatic rings. The number of hydrogen-bond acceptors (Lipinski definition) is 5. The molecule has 0 aliphatic rings. The number of nitrogen functional groups attached to an aromatic ring is 1. The summed E-state index contributed by atoms with van der Waals surface area (Å²) in [6, 6.07) is 1.81. The summed E-state index contributed by atoms with van der Waals surface area (Å²) in [5.74, 6) is 7.21. The minimum absolute atomic E-state index is 0.525. The number of anilines is 1. The van der Waals surface area contributed by atoms with Gasteiger partial charge < -0.3 is 9.84 Å². The molecule has 17 heavy (non-hydrogen) atoms. The van der Waals surface area contributed by atoms with Gasteiger partial charge in [0.15, 0.2) is 11.6 Å². The zero-order valence-corrected chi connectivity index (χ0v) is 11.2. The van der Waals surface area contributed by atoms with Crippen LogP contribution in [0.1, 0.15) is 18.2 Å². The first-order valence-electron chi connectivity index (χ1n) is 5.24. The third-order valence-corrected chi connectivity index (χ3v) is 3.16. The fourth-order valence-corrected chi connectivity index (χ4v) is 1.98. The number of halogens is 1. The molecule has 0 amide bonds. The Bertz CT molecular complexity index is 513. The van der Waals surface area contributed by atoms with Crippen LogP contribution < -0.4 is 11.3 Å². The Morgan fingerprint density at radius 3 is 2.76 bits per heavy atom. The van der Waals surface area contributed by atoms with Crippen LogP contribution in [0.3, 0.4) is 0 Å². The second-order valence-electron chi connectivity index (χ2n) is 3.56. The molecule has 2 rings (SSSR count). The highest BCUT2D eigenvalue weighted by atomic mass is 79.9. The average molecular weight is 297 g/mol. The number of aromatic nitrogens is 2. The Kier molecular flexibility index (Phi) is 3.44. The van der Waals surface area contributed by atoms with Crippen LogP contribution in [0.5, 0.6) is 0 Å². The predicted molar refractivity (Wildman–Crippen MR) is 69.4 cm³/mol. The van der Waals surface area contributed by atoms with Crippen molar-refractivity contribution < 1.29 is 4.42 Å². The normalized spacial score (nSPS) is 10.6. The van der Waals surface area contributed by atoms with Gasteiger partial charge in [-0.25, -0.2) is 15.8 Å². The lowest BCUT2D eigenvalue weighted by Gasteiger charge is -2.09. The van der Waals surface area contributed by atoms with Gasteiger partial charge in [-0.2, -0.15) is 0 Å². The molecule has 0 saturated heterocycles. The Labute approximate surface area is 108 Å². The zero-order chi connectivity index (χ0) is 12.4. The first-order valence-corrected chi connectivity index (χ1v) is 6.04. The number of nitrogens with zero attached hydrogens (tertiary/aromatic N) is 2. The van der Waals surface area contributed by atoms with E-state index in [9.17, 15) is 0 Å². The molecular formula is C11H13BrN4O. The number of hydrogen-bond donors (Lipinski definition) is 2. The van der Waals surface area contributed by atoms with Crippen molar-refractivity contribution >= 4 is 21.7 Å². The van der Waals surface area contributed by atoms with Gasteiger partial charge >= 0.3 is 0 Å².